The van der Waals surface area contributed by atoms with Gasteiger partial charge >= 0.3 is 0 Å². The van der Waals surface area contributed by atoms with Crippen LogP contribution in [0.25, 0.3) is 0 Å². The molecule has 0 unspecified atom stereocenters. The number of rotatable bonds is 0. The molecule has 0 amide bonds. The van der Waals surface area contributed by atoms with Gasteiger partial charge in [-0.25, -0.2) is 0 Å². The maximum Gasteiger partial charge on any atom is 0 e. The molecule has 0 spiro atoms. The maximum atomic E-state index is 4.00. The fraction of sp³-hybridized carbons (Fsp3) is 0.750. The quantitative estimate of drug-likeness (QED) is 0.328. The van der Waals surface area contributed by atoms with E-state index in [0.717, 1.165) is 5.92 Å². The van der Waals surface area contributed by atoms with Crippen molar-refractivity contribution in [3.8, 4) is 0 Å². The van der Waals surface area contributed by atoms with Gasteiger partial charge in [0.15, 0.2) is 0 Å². The average Bonchev–Trinajstić information content (AvgIpc) is 1.69. The molecule has 1 aliphatic carbocycles. The predicted molar refractivity (Wildman–Crippen MR) is 38.3 cm³/mol. The van der Waals surface area contributed by atoms with Crippen molar-refractivity contribution in [3.63, 3.8) is 0 Å². The molecule has 0 heterocycles. The summed E-state index contributed by atoms with van der Waals surface area (Å²) in [5.74, 6) is 0.786. The van der Waals surface area contributed by atoms with Crippen molar-refractivity contribution in [1.82, 2.24) is 0 Å². The van der Waals surface area contributed by atoms with Crippen LogP contribution in [0.4, 0.5) is 0 Å². The van der Waals surface area contributed by atoms with Crippen LogP contribution in [0, 0.1) is 20.3 Å². The van der Waals surface area contributed by atoms with Crippen LogP contribution in [0.3, 0.4) is 0 Å². The first-order chi connectivity index (χ1) is 3.39. The fourth-order valence-electron chi connectivity index (χ4n) is 1.19. The first kappa shape index (κ1) is 165. The van der Waals surface area contributed by atoms with Crippen molar-refractivity contribution in [3.05, 3.63) is 14.4 Å². The van der Waals surface area contributed by atoms with Gasteiger partial charge in [0.05, 0.1) is 0 Å². The van der Waals surface area contributed by atoms with Crippen molar-refractivity contribution < 1.29 is 752 Å². The average molecular weight is 2160 g/mol. The van der Waals surface area contributed by atoms with Crippen molar-refractivity contribution in [2.45, 2.75) is 32.1 Å². The van der Waals surface area contributed by atoms with Gasteiger partial charge in [-0.15, -0.1) is 0 Å². The minimum absolute atomic E-state index is 0. The van der Waals surface area contributed by atoms with Crippen LogP contribution in [-0.4, -0.2) is 0 Å². The Kier molecular flexibility index (Phi) is 782. The first-order valence-electron chi connectivity index (χ1n) is 3.22. The van der Waals surface area contributed by atoms with Crippen molar-refractivity contribution in [1.29, 1.82) is 0 Å². The van der Waals surface area contributed by atoms with Gasteiger partial charge in [0, 0.05) is 752 Å². The van der Waals surface area contributed by atoms with Gasteiger partial charge in [-0.05, 0) is 0 Å². The van der Waals surface area contributed by atoms with Crippen LogP contribution in [0.2, 0.25) is 0 Å². The normalized spacial score (nSPS) is 5.71. The molecule has 1 saturated carbocycles. The predicted octanol–water partition coefficient (Wildman–Crippen LogP) is 2.79. The smallest absolute Gasteiger partial charge is 0 e. The molecule has 0 aromatic heterocycles. The van der Waals surface area contributed by atoms with E-state index < -0.39 is 0 Å². The molecule has 23 radical (unpaired) electrons. The third-order valence-electron chi connectivity index (χ3n) is 1.72. The molecule has 119 valence electrons. The molecule has 0 N–H and O–H groups in total. The summed E-state index contributed by atoms with van der Waals surface area (Å²) in [6.07, 6.45) is 7.05. The van der Waals surface area contributed by atoms with Crippen molar-refractivity contribution >= 4 is 0 Å². The van der Waals surface area contributed by atoms with Gasteiger partial charge in [0.25, 0.3) is 0 Å². The number of hydrogen-bond acceptors (Lipinski definition) is 0. The Bertz CT molecular complexity index is 67.5. The standard InChI is InChI=1S/C7H13.CH3.23Y/c1-7-5-3-2-4-6-7;;;;;;;;;;;;;;;;;;;;;;;;/h7H,1-6H2;1H3;;;;;;;;;;;;;;;;;;;;;;;/q2*-1;;;;;;;;;;;;;;;;;;;;;;;. The minimum Gasteiger partial charge on any atom is -0.358 e. The monoisotopic (exact) mass is 2160 g/mol. The van der Waals surface area contributed by atoms with E-state index in [4.69, 9.17) is 0 Å². The summed E-state index contributed by atoms with van der Waals surface area (Å²) in [7, 11) is 0. The van der Waals surface area contributed by atoms with Crippen molar-refractivity contribution in [2.75, 3.05) is 0 Å². The molecule has 1 aliphatic rings. The van der Waals surface area contributed by atoms with E-state index in [0.29, 0.717) is 0 Å². The largest absolute Gasteiger partial charge is 0.358 e. The molecular weight excluding hydrogens is 2140 g/mol. The van der Waals surface area contributed by atoms with Crippen molar-refractivity contribution in [2.24, 2.45) is 5.92 Å². The molecule has 1 fully saturated rings. The zero-order chi connectivity index (χ0) is 5.11. The SMILES string of the molecule is [CH2-]C1CCCCC1.[CH3-].[Y].[Y].[Y].[Y].[Y].[Y].[Y].[Y].[Y].[Y].[Y].[Y].[Y].[Y].[Y].[Y].[Y].[Y].[Y].[Y].[Y].[Y].[Y]. The van der Waals surface area contributed by atoms with E-state index >= 15 is 0 Å². The Hall–Kier alpha value is 25.4. The third-order valence-corrected chi connectivity index (χ3v) is 1.72. The van der Waals surface area contributed by atoms with Gasteiger partial charge in [-0.1, -0.05) is 32.1 Å². The van der Waals surface area contributed by atoms with E-state index in [2.05, 4.69) is 6.92 Å². The molecule has 0 bridgehead atoms. The molecule has 23 heteroatoms. The Balaban J connectivity index is -0.000000000928. The van der Waals surface area contributed by atoms with E-state index in [1.165, 1.54) is 32.1 Å². The summed E-state index contributed by atoms with van der Waals surface area (Å²) in [4.78, 5) is 0. The molecule has 1 rings (SSSR count). The van der Waals surface area contributed by atoms with Gasteiger partial charge in [-0.3, -0.25) is 0 Å². The van der Waals surface area contributed by atoms with Gasteiger partial charge in [0.1, 0.15) is 0 Å². The molecule has 0 aromatic carbocycles. The zero-order valence-electron chi connectivity index (χ0n) is 19.1. The summed E-state index contributed by atoms with van der Waals surface area (Å²) in [6.45, 7) is 4.00. The van der Waals surface area contributed by atoms with Crippen LogP contribution >= 0.6 is 0 Å². The van der Waals surface area contributed by atoms with Crippen LogP contribution in [-0.2, 0) is 752 Å². The molecule has 0 atom stereocenters. The summed E-state index contributed by atoms with van der Waals surface area (Å²) in [5, 5.41) is 0. The summed E-state index contributed by atoms with van der Waals surface area (Å²) >= 11 is 0. The van der Waals surface area contributed by atoms with E-state index in [1.54, 1.807) is 0 Å². The van der Waals surface area contributed by atoms with Gasteiger partial charge < -0.3 is 14.4 Å². The molecular formula is C8H16Y23-2. The van der Waals surface area contributed by atoms with E-state index in [1.807, 2.05) is 0 Å². The maximum absolute atomic E-state index is 4.00. The summed E-state index contributed by atoms with van der Waals surface area (Å²) < 4.78 is 0. The Morgan fingerprint density at radius 1 is 0.290 bits per heavy atom. The van der Waals surface area contributed by atoms with E-state index in [9.17, 15) is 0 Å². The fourth-order valence-corrected chi connectivity index (χ4v) is 1.19. The van der Waals surface area contributed by atoms with Crippen LogP contribution in [0.5, 0.6) is 0 Å². The Labute approximate surface area is 775 Å². The van der Waals surface area contributed by atoms with E-state index in [-0.39, 0.29) is 760 Å². The zero-order valence-corrected chi connectivity index (χ0v) is 84.4. The summed E-state index contributed by atoms with van der Waals surface area (Å²) in [5.41, 5.74) is 0. The second-order valence-corrected chi connectivity index (χ2v) is 2.50. The molecule has 0 nitrogen and oxygen atoms in total. The van der Waals surface area contributed by atoms with Crippen LogP contribution in [0.15, 0.2) is 0 Å². The third kappa shape index (κ3) is 142. The van der Waals surface area contributed by atoms with Crippen LogP contribution < -0.4 is 0 Å². The molecule has 0 aliphatic heterocycles. The van der Waals surface area contributed by atoms with Gasteiger partial charge in [0.2, 0.25) is 0 Å². The van der Waals surface area contributed by atoms with Crippen LogP contribution in [0.1, 0.15) is 32.1 Å². The molecule has 31 heavy (non-hydrogen) atoms. The number of hydrogen-bond donors (Lipinski definition) is 0. The summed E-state index contributed by atoms with van der Waals surface area (Å²) in [6, 6.07) is 0. The second-order valence-electron chi connectivity index (χ2n) is 2.50. The molecule has 0 saturated heterocycles. The Morgan fingerprint density at radius 2 is 0.419 bits per heavy atom. The second kappa shape index (κ2) is 147. The molecule has 0 aromatic rings. The first-order valence-corrected chi connectivity index (χ1v) is 3.22. The Morgan fingerprint density at radius 3 is 0.484 bits per heavy atom. The topological polar surface area (TPSA) is 0 Å². The minimum atomic E-state index is 0. The van der Waals surface area contributed by atoms with Gasteiger partial charge in [-0.2, -0.15) is 5.92 Å².